The fourth-order valence-electron chi connectivity index (χ4n) is 4.46. The summed E-state index contributed by atoms with van der Waals surface area (Å²) < 4.78 is 11.1. The second kappa shape index (κ2) is 6.40. The molecule has 0 spiro atoms. The van der Waals surface area contributed by atoms with E-state index in [1.54, 1.807) is 0 Å². The van der Waals surface area contributed by atoms with Crippen LogP contribution in [0.1, 0.15) is 48.0 Å². The molecule has 112 valence electrons. The van der Waals surface area contributed by atoms with Crippen molar-refractivity contribution in [3.8, 4) is 0 Å². The first-order chi connectivity index (χ1) is 8.79. The minimum Gasteiger partial charge on any atom is -0.469 e. The zero-order chi connectivity index (χ0) is 14.8. The molecule has 0 N–H and O–H groups in total. The largest absolute Gasteiger partial charge is 0.469 e. The highest BCUT2D eigenvalue weighted by Crippen LogP contribution is 2.49. The first-order valence-electron chi connectivity index (χ1n) is 7.49. The van der Waals surface area contributed by atoms with E-state index in [2.05, 4.69) is 41.5 Å². The average molecular weight is 286 g/mol. The fraction of sp³-hybridized carbons (Fsp3) is 0.933. The number of ether oxygens (including phenoxy) is 2. The van der Waals surface area contributed by atoms with Gasteiger partial charge in [-0.1, -0.05) is 41.5 Å². The third kappa shape index (κ3) is 2.75. The predicted molar refractivity (Wildman–Crippen MR) is 80.9 cm³/mol. The quantitative estimate of drug-likeness (QED) is 0.570. The second-order valence-corrected chi connectivity index (χ2v) is 12.7. The zero-order valence-electron chi connectivity index (χ0n) is 13.5. The molecule has 19 heavy (non-hydrogen) atoms. The van der Waals surface area contributed by atoms with E-state index in [9.17, 15) is 4.79 Å². The van der Waals surface area contributed by atoms with E-state index >= 15 is 0 Å². The summed E-state index contributed by atoms with van der Waals surface area (Å²) in [4.78, 5) is 12.1. The van der Waals surface area contributed by atoms with Crippen LogP contribution in [0.3, 0.4) is 0 Å². The standard InChI is InChI=1S/C15H30O3Si/c1-10(2)19(11(3)4,12(5)6)15-13(8-9-18-15)14(16)17-7/h10-13,15H,8-9H2,1-7H3/t13-,15+/m0/s1. The number of esters is 1. The van der Waals surface area contributed by atoms with Gasteiger partial charge < -0.3 is 9.47 Å². The lowest BCUT2D eigenvalue weighted by atomic mass is 10.1. The Labute approximate surface area is 119 Å². The molecule has 0 aromatic rings. The Bertz CT molecular complexity index is 291. The Morgan fingerprint density at radius 1 is 1.11 bits per heavy atom. The predicted octanol–water partition coefficient (Wildman–Crippen LogP) is 3.78. The van der Waals surface area contributed by atoms with Crippen LogP contribution in [0.25, 0.3) is 0 Å². The molecule has 1 aliphatic heterocycles. The van der Waals surface area contributed by atoms with Crippen LogP contribution < -0.4 is 0 Å². The molecule has 0 saturated carbocycles. The number of rotatable bonds is 5. The lowest BCUT2D eigenvalue weighted by Gasteiger charge is -2.48. The van der Waals surface area contributed by atoms with Gasteiger partial charge in [0.05, 0.1) is 26.8 Å². The molecule has 1 heterocycles. The number of methoxy groups -OCH3 is 1. The van der Waals surface area contributed by atoms with Gasteiger partial charge in [-0.15, -0.1) is 0 Å². The van der Waals surface area contributed by atoms with E-state index in [4.69, 9.17) is 9.47 Å². The van der Waals surface area contributed by atoms with Crippen LogP contribution in [0.15, 0.2) is 0 Å². The molecule has 1 rings (SSSR count). The van der Waals surface area contributed by atoms with Gasteiger partial charge in [0.2, 0.25) is 0 Å². The van der Waals surface area contributed by atoms with Crippen molar-refractivity contribution in [2.45, 2.75) is 70.3 Å². The van der Waals surface area contributed by atoms with Gasteiger partial charge in [0.25, 0.3) is 0 Å². The molecule has 0 amide bonds. The summed E-state index contributed by atoms with van der Waals surface area (Å²) in [6.45, 7) is 14.5. The average Bonchev–Trinajstić information content (AvgIpc) is 2.76. The molecule has 1 saturated heterocycles. The van der Waals surface area contributed by atoms with Crippen LogP contribution in [-0.2, 0) is 14.3 Å². The van der Waals surface area contributed by atoms with Gasteiger partial charge >= 0.3 is 5.97 Å². The van der Waals surface area contributed by atoms with Crippen molar-refractivity contribution >= 4 is 14.0 Å². The van der Waals surface area contributed by atoms with E-state index in [0.29, 0.717) is 23.2 Å². The molecule has 1 fully saturated rings. The van der Waals surface area contributed by atoms with E-state index < -0.39 is 8.07 Å². The number of hydrogen-bond acceptors (Lipinski definition) is 3. The number of carbonyl (C=O) groups excluding carboxylic acids is 1. The van der Waals surface area contributed by atoms with Crippen molar-refractivity contribution in [2.75, 3.05) is 13.7 Å². The van der Waals surface area contributed by atoms with Crippen molar-refractivity contribution in [1.29, 1.82) is 0 Å². The molecule has 0 radical (unpaired) electrons. The van der Waals surface area contributed by atoms with E-state index in [0.717, 1.165) is 6.42 Å². The molecule has 0 bridgehead atoms. The summed E-state index contributed by atoms with van der Waals surface area (Å²) in [5.74, 6) is -0.134. The topological polar surface area (TPSA) is 35.5 Å². The smallest absolute Gasteiger partial charge is 0.311 e. The summed E-state index contributed by atoms with van der Waals surface area (Å²) in [5, 5.41) is 0. The third-order valence-electron chi connectivity index (χ3n) is 5.09. The maximum atomic E-state index is 12.1. The maximum absolute atomic E-state index is 12.1. The van der Waals surface area contributed by atoms with Crippen molar-refractivity contribution in [3.05, 3.63) is 0 Å². The fourth-order valence-corrected chi connectivity index (χ4v) is 11.8. The van der Waals surface area contributed by atoms with Crippen LogP contribution in [-0.4, -0.2) is 33.5 Å². The molecule has 4 heteroatoms. The zero-order valence-corrected chi connectivity index (χ0v) is 14.5. The third-order valence-corrected chi connectivity index (χ3v) is 12.6. The summed E-state index contributed by atoms with van der Waals surface area (Å²) in [6.07, 6.45) is 0.818. The molecule has 0 unspecified atom stereocenters. The van der Waals surface area contributed by atoms with Gasteiger partial charge in [-0.25, -0.2) is 0 Å². The summed E-state index contributed by atoms with van der Waals surface area (Å²) in [6, 6.07) is 0. The molecule has 3 nitrogen and oxygen atoms in total. The summed E-state index contributed by atoms with van der Waals surface area (Å²) in [5.41, 5.74) is 1.91. The molecular weight excluding hydrogens is 256 g/mol. The highest BCUT2D eigenvalue weighted by atomic mass is 28.3. The SMILES string of the molecule is COC(=O)[C@@H]1CCO[C@@H]1[Si](C(C)C)(C(C)C)C(C)C. The Kier molecular flexibility index (Phi) is 5.62. The minimum atomic E-state index is -1.76. The van der Waals surface area contributed by atoms with Gasteiger partial charge in [0, 0.05) is 6.61 Å². The van der Waals surface area contributed by atoms with Crippen molar-refractivity contribution in [3.63, 3.8) is 0 Å². The van der Waals surface area contributed by atoms with Crippen molar-refractivity contribution in [2.24, 2.45) is 5.92 Å². The normalized spacial score (nSPS) is 24.5. The van der Waals surface area contributed by atoms with Crippen LogP contribution in [0.4, 0.5) is 0 Å². The van der Waals surface area contributed by atoms with E-state index in [1.165, 1.54) is 7.11 Å². The molecule has 0 aromatic heterocycles. The number of hydrogen-bond donors (Lipinski definition) is 0. The Morgan fingerprint density at radius 3 is 1.95 bits per heavy atom. The molecule has 2 atom stereocenters. The van der Waals surface area contributed by atoms with Crippen LogP contribution in [0, 0.1) is 5.92 Å². The minimum absolute atomic E-state index is 0.0520. The monoisotopic (exact) mass is 286 g/mol. The maximum Gasteiger partial charge on any atom is 0.311 e. The summed E-state index contributed by atoms with van der Waals surface area (Å²) >= 11 is 0. The van der Waals surface area contributed by atoms with Gasteiger partial charge in [-0.3, -0.25) is 4.79 Å². The second-order valence-electron chi connectivity index (χ2n) is 6.67. The lowest BCUT2D eigenvalue weighted by Crippen LogP contribution is -2.58. The lowest BCUT2D eigenvalue weighted by molar-refractivity contribution is -0.146. The van der Waals surface area contributed by atoms with E-state index in [1.807, 2.05) is 0 Å². The van der Waals surface area contributed by atoms with E-state index in [-0.39, 0.29) is 17.6 Å². The van der Waals surface area contributed by atoms with Crippen molar-refractivity contribution < 1.29 is 14.3 Å². The van der Waals surface area contributed by atoms with Crippen molar-refractivity contribution in [1.82, 2.24) is 0 Å². The highest BCUT2D eigenvalue weighted by Gasteiger charge is 2.55. The van der Waals surface area contributed by atoms with Crippen LogP contribution in [0.5, 0.6) is 0 Å². The first-order valence-corrected chi connectivity index (χ1v) is 9.80. The molecule has 0 aromatic carbocycles. The first kappa shape index (κ1) is 16.7. The van der Waals surface area contributed by atoms with Gasteiger partial charge in [-0.05, 0) is 23.0 Å². The Balaban J connectivity index is 3.20. The molecule has 0 aliphatic carbocycles. The van der Waals surface area contributed by atoms with Gasteiger partial charge in [-0.2, -0.15) is 0 Å². The van der Waals surface area contributed by atoms with Crippen LogP contribution >= 0.6 is 0 Å². The van der Waals surface area contributed by atoms with Crippen LogP contribution in [0.2, 0.25) is 16.6 Å². The Morgan fingerprint density at radius 2 is 1.58 bits per heavy atom. The molecule has 1 aliphatic rings. The highest BCUT2D eigenvalue weighted by molar-refractivity contribution is 6.84. The summed E-state index contributed by atoms with van der Waals surface area (Å²) in [7, 11) is -0.273. The molecular formula is C15H30O3Si. The Hall–Kier alpha value is -0.353. The van der Waals surface area contributed by atoms with Gasteiger partial charge in [0.15, 0.2) is 0 Å². The number of carbonyl (C=O) groups is 1. The van der Waals surface area contributed by atoms with Gasteiger partial charge in [0.1, 0.15) is 0 Å².